The molecule has 13 heteroatoms. The van der Waals surface area contributed by atoms with Gasteiger partial charge in [-0.25, -0.2) is 5.43 Å². The third-order valence-electron chi connectivity index (χ3n) is 3.78. The van der Waals surface area contributed by atoms with Crippen LogP contribution in [0.25, 0.3) is 0 Å². The summed E-state index contributed by atoms with van der Waals surface area (Å²) >= 11 is 0. The highest BCUT2D eigenvalue weighted by molar-refractivity contribution is 5.77. The summed E-state index contributed by atoms with van der Waals surface area (Å²) in [5, 5.41) is 14.2. The van der Waals surface area contributed by atoms with Crippen LogP contribution in [0.3, 0.4) is 0 Å². The Morgan fingerprint density at radius 3 is 1.87 bits per heavy atom. The number of carbonyl (C=O) groups is 3. The average molecular weight is 452 g/mol. The van der Waals surface area contributed by atoms with Crippen LogP contribution in [0.4, 0.5) is 0 Å². The highest BCUT2D eigenvalue weighted by Gasteiger charge is 2.14. The fourth-order valence-corrected chi connectivity index (χ4v) is 2.20. The third-order valence-corrected chi connectivity index (χ3v) is 3.78. The summed E-state index contributed by atoms with van der Waals surface area (Å²) in [6, 6.07) is -0.785. The third kappa shape index (κ3) is 19.8. The Bertz CT molecular complexity index is 484. The van der Waals surface area contributed by atoms with Crippen LogP contribution in [0.5, 0.6) is 0 Å². The van der Waals surface area contributed by atoms with E-state index in [0.29, 0.717) is 71.9 Å². The molecule has 0 aromatic rings. The molecule has 0 aliphatic heterocycles. The van der Waals surface area contributed by atoms with Gasteiger partial charge in [-0.3, -0.25) is 20.2 Å². The number of carboxylic acid groups (broad SMARTS) is 1. The maximum absolute atomic E-state index is 11.6. The first kappa shape index (κ1) is 29.1. The Kier molecular flexibility index (Phi) is 20.1. The van der Waals surface area contributed by atoms with Crippen molar-refractivity contribution in [1.82, 2.24) is 16.1 Å². The first-order chi connectivity index (χ1) is 15.0. The van der Waals surface area contributed by atoms with Crippen LogP contribution in [0.2, 0.25) is 0 Å². The number of nitrogens with one attached hydrogen (secondary N) is 3. The minimum Gasteiger partial charge on any atom is -0.480 e. The maximum atomic E-state index is 11.6. The van der Waals surface area contributed by atoms with Crippen molar-refractivity contribution in [3.05, 3.63) is 0 Å². The predicted molar refractivity (Wildman–Crippen MR) is 111 cm³/mol. The van der Waals surface area contributed by atoms with E-state index in [9.17, 15) is 14.4 Å². The summed E-state index contributed by atoms with van der Waals surface area (Å²) in [6.45, 7) is 3.12. The lowest BCUT2D eigenvalue weighted by atomic mass is 10.1. The van der Waals surface area contributed by atoms with Crippen LogP contribution in [-0.4, -0.2) is 101 Å². The minimum atomic E-state index is -1.00. The molecule has 0 bridgehead atoms. The van der Waals surface area contributed by atoms with Crippen molar-refractivity contribution >= 4 is 17.8 Å². The van der Waals surface area contributed by atoms with E-state index >= 15 is 0 Å². The molecule has 0 fully saturated rings. The SMILES string of the molecule is NCCOCCOCC(=O)NCCOCCOCC(=O)NCCCCC(NN)C(=O)O. The molecular weight excluding hydrogens is 414 g/mol. The number of aliphatic carboxylic acids is 1. The van der Waals surface area contributed by atoms with Crippen LogP contribution in [0, 0.1) is 0 Å². The van der Waals surface area contributed by atoms with Gasteiger partial charge in [-0.15, -0.1) is 0 Å². The largest absolute Gasteiger partial charge is 0.480 e. The number of nitrogens with two attached hydrogens (primary N) is 2. The monoisotopic (exact) mass is 451 g/mol. The molecule has 8 N–H and O–H groups in total. The van der Waals surface area contributed by atoms with Gasteiger partial charge in [0.25, 0.3) is 0 Å². The number of hydrazine groups is 1. The highest BCUT2D eigenvalue weighted by atomic mass is 16.5. The maximum Gasteiger partial charge on any atom is 0.322 e. The molecule has 2 amide bonds. The zero-order valence-electron chi connectivity index (χ0n) is 17.9. The fraction of sp³-hybridized carbons (Fsp3) is 0.833. The molecule has 0 rings (SSSR count). The number of rotatable bonds is 22. The molecule has 1 unspecified atom stereocenters. The summed E-state index contributed by atoms with van der Waals surface area (Å²) < 4.78 is 20.7. The number of carboxylic acids is 1. The van der Waals surface area contributed by atoms with Crippen molar-refractivity contribution in [2.75, 3.05) is 72.5 Å². The fourth-order valence-electron chi connectivity index (χ4n) is 2.20. The topological polar surface area (TPSA) is 196 Å². The van der Waals surface area contributed by atoms with Crippen molar-refractivity contribution in [2.45, 2.75) is 25.3 Å². The first-order valence-corrected chi connectivity index (χ1v) is 10.2. The number of ether oxygens (including phenoxy) is 4. The van der Waals surface area contributed by atoms with Gasteiger partial charge in [-0.05, 0) is 19.3 Å². The summed E-state index contributed by atoms with van der Waals surface area (Å²) in [7, 11) is 0. The summed E-state index contributed by atoms with van der Waals surface area (Å²) in [5.41, 5.74) is 7.49. The van der Waals surface area contributed by atoms with E-state index in [-0.39, 0.29) is 31.6 Å². The summed E-state index contributed by atoms with van der Waals surface area (Å²) in [6.07, 6.45) is 1.63. The van der Waals surface area contributed by atoms with E-state index in [0.717, 1.165) is 0 Å². The van der Waals surface area contributed by atoms with Crippen molar-refractivity contribution < 1.29 is 38.4 Å². The number of carbonyl (C=O) groups excluding carboxylic acids is 2. The quantitative estimate of drug-likeness (QED) is 0.0570. The van der Waals surface area contributed by atoms with Gasteiger partial charge in [0.05, 0.1) is 39.6 Å². The summed E-state index contributed by atoms with van der Waals surface area (Å²) in [4.78, 5) is 33.9. The van der Waals surface area contributed by atoms with Crippen molar-refractivity contribution in [2.24, 2.45) is 11.6 Å². The Hall–Kier alpha value is -1.87. The van der Waals surface area contributed by atoms with Gasteiger partial charge in [-0.1, -0.05) is 0 Å². The minimum absolute atomic E-state index is 0.0474. The number of hydrogen-bond donors (Lipinski definition) is 6. The molecule has 13 nitrogen and oxygen atoms in total. The van der Waals surface area contributed by atoms with Gasteiger partial charge < -0.3 is 40.4 Å². The van der Waals surface area contributed by atoms with E-state index < -0.39 is 12.0 Å². The van der Waals surface area contributed by atoms with E-state index in [1.165, 1.54) is 0 Å². The standard InChI is InChI=1S/C18H37N5O8/c19-4-7-28-9-11-30-14-17(25)22-6-8-29-10-12-31-13-16(24)21-5-2-1-3-15(23-20)18(26)27/h15,23H,1-14,19-20H2,(H,21,24)(H,22,25)(H,26,27). The van der Waals surface area contributed by atoms with E-state index in [1.54, 1.807) is 0 Å². The van der Waals surface area contributed by atoms with Crippen LogP contribution < -0.4 is 27.6 Å². The number of amides is 2. The molecule has 0 spiro atoms. The number of hydrogen-bond acceptors (Lipinski definition) is 10. The number of unbranched alkanes of at least 4 members (excludes halogenated alkanes) is 1. The summed E-state index contributed by atoms with van der Waals surface area (Å²) in [5.74, 6) is 3.63. The molecule has 1 atom stereocenters. The highest BCUT2D eigenvalue weighted by Crippen LogP contribution is 1.99. The molecule has 182 valence electrons. The molecular formula is C18H37N5O8. The second-order valence-electron chi connectivity index (χ2n) is 6.37. The molecule has 0 aromatic carbocycles. The molecule has 0 radical (unpaired) electrons. The first-order valence-electron chi connectivity index (χ1n) is 10.2. The van der Waals surface area contributed by atoms with Gasteiger partial charge in [0, 0.05) is 19.6 Å². The Balaban J connectivity index is 3.38. The molecule has 31 heavy (non-hydrogen) atoms. The lowest BCUT2D eigenvalue weighted by Crippen LogP contribution is -2.41. The van der Waals surface area contributed by atoms with Crippen LogP contribution in [0.1, 0.15) is 19.3 Å². The van der Waals surface area contributed by atoms with E-state index in [4.69, 9.17) is 35.6 Å². The molecule has 0 saturated heterocycles. The average Bonchev–Trinajstić information content (AvgIpc) is 2.74. The molecule has 0 aliphatic carbocycles. The second kappa shape index (κ2) is 21.4. The van der Waals surface area contributed by atoms with Crippen LogP contribution >= 0.6 is 0 Å². The van der Waals surface area contributed by atoms with Crippen molar-refractivity contribution in [3.8, 4) is 0 Å². The molecule has 0 saturated carbocycles. The zero-order valence-corrected chi connectivity index (χ0v) is 17.9. The van der Waals surface area contributed by atoms with E-state index in [2.05, 4.69) is 16.1 Å². The lowest BCUT2D eigenvalue weighted by molar-refractivity contribution is -0.139. The second-order valence-corrected chi connectivity index (χ2v) is 6.37. The van der Waals surface area contributed by atoms with Gasteiger partial charge in [-0.2, -0.15) is 0 Å². The Labute approximate surface area is 182 Å². The van der Waals surface area contributed by atoms with Gasteiger partial charge in [0.15, 0.2) is 0 Å². The van der Waals surface area contributed by atoms with Gasteiger partial charge >= 0.3 is 5.97 Å². The van der Waals surface area contributed by atoms with Gasteiger partial charge in [0.1, 0.15) is 19.3 Å². The van der Waals surface area contributed by atoms with Crippen molar-refractivity contribution in [1.29, 1.82) is 0 Å². The normalized spacial score (nSPS) is 11.8. The Morgan fingerprint density at radius 2 is 1.32 bits per heavy atom. The van der Waals surface area contributed by atoms with Gasteiger partial charge in [0.2, 0.25) is 11.8 Å². The Morgan fingerprint density at radius 1 is 0.774 bits per heavy atom. The smallest absolute Gasteiger partial charge is 0.322 e. The lowest BCUT2D eigenvalue weighted by Gasteiger charge is -2.10. The van der Waals surface area contributed by atoms with Crippen LogP contribution in [-0.2, 0) is 33.3 Å². The van der Waals surface area contributed by atoms with Crippen LogP contribution in [0.15, 0.2) is 0 Å². The molecule has 0 aliphatic rings. The van der Waals surface area contributed by atoms with E-state index in [1.807, 2.05) is 0 Å². The van der Waals surface area contributed by atoms with Crippen molar-refractivity contribution in [3.63, 3.8) is 0 Å². The zero-order chi connectivity index (χ0) is 23.2. The molecule has 0 aromatic heterocycles. The molecule has 0 heterocycles. The predicted octanol–water partition coefficient (Wildman–Crippen LogP) is -2.67.